The van der Waals surface area contributed by atoms with Crippen molar-refractivity contribution in [3.8, 4) is 0 Å². The lowest BCUT2D eigenvalue weighted by Gasteiger charge is -2.04. The highest BCUT2D eigenvalue weighted by atomic mass is 35.5. The van der Waals surface area contributed by atoms with Gasteiger partial charge in [-0.25, -0.2) is 0 Å². The maximum atomic E-state index is 8.36. The molecule has 0 aromatic heterocycles. The molecule has 0 aromatic carbocycles. The Kier molecular flexibility index (Phi) is 10.6. The van der Waals surface area contributed by atoms with E-state index in [-0.39, 0.29) is 12.5 Å². The molecule has 0 aromatic rings. The fourth-order valence-electron chi connectivity index (χ4n) is 0.0488. The zero-order valence-electron chi connectivity index (χ0n) is 6.67. The predicted molar refractivity (Wildman–Crippen MR) is 50.8 cm³/mol. The van der Waals surface area contributed by atoms with Crippen LogP contribution < -0.4 is 0 Å². The van der Waals surface area contributed by atoms with Crippen LogP contribution in [0.15, 0.2) is 0 Å². The molecule has 0 rings (SSSR count). The van der Waals surface area contributed by atoms with E-state index in [2.05, 4.69) is 0 Å². The summed E-state index contributed by atoms with van der Waals surface area (Å²) in [4.78, 5) is 0. The van der Waals surface area contributed by atoms with Crippen LogP contribution in [-0.2, 0) is 0 Å². The molecular weight excluding hydrogens is 226 g/mol. The second-order valence-electron chi connectivity index (χ2n) is 2.01. The lowest BCUT2D eigenvalue weighted by Crippen LogP contribution is -2.12. The van der Waals surface area contributed by atoms with E-state index in [0.29, 0.717) is 6.42 Å². The van der Waals surface area contributed by atoms with Crippen LogP contribution in [0, 0.1) is 0 Å². The molecule has 0 spiro atoms. The second-order valence-corrected chi connectivity index (χ2v) is 3.76. The minimum atomic E-state index is -1.51. The van der Waals surface area contributed by atoms with Crippen LogP contribution in [0.1, 0.15) is 13.3 Å². The van der Waals surface area contributed by atoms with Gasteiger partial charge in [0.15, 0.2) is 0 Å². The summed E-state index contributed by atoms with van der Waals surface area (Å²) in [5, 5.41) is 24.6. The standard InChI is InChI=1S/C3H6Cl2O.C3H7ClO2/c1-2-3(4,5)6;4-1-3(6)2-5/h6H,2H2,1H3;3,5-6H,1-2H2. The first-order chi connectivity index (χ1) is 5.37. The molecule has 0 radical (unpaired) electrons. The van der Waals surface area contributed by atoms with Gasteiger partial charge in [0.2, 0.25) is 4.52 Å². The Labute approximate surface area is 86.9 Å². The second kappa shape index (κ2) is 8.35. The van der Waals surface area contributed by atoms with E-state index in [4.69, 9.17) is 50.1 Å². The minimum absolute atomic E-state index is 0.108. The SMILES string of the molecule is CCC(O)(Cl)Cl.OCC(O)CCl. The number of rotatable bonds is 3. The topological polar surface area (TPSA) is 60.7 Å². The largest absolute Gasteiger partial charge is 0.394 e. The Hall–Kier alpha value is 0.750. The van der Waals surface area contributed by atoms with Crippen molar-refractivity contribution < 1.29 is 15.3 Å². The van der Waals surface area contributed by atoms with Crippen LogP contribution in [0.25, 0.3) is 0 Å². The highest BCUT2D eigenvalue weighted by molar-refractivity contribution is 6.46. The van der Waals surface area contributed by atoms with Gasteiger partial charge in [-0.15, -0.1) is 11.6 Å². The van der Waals surface area contributed by atoms with Gasteiger partial charge in [0.25, 0.3) is 0 Å². The number of aliphatic hydroxyl groups excluding tert-OH is 2. The number of hydrogen-bond acceptors (Lipinski definition) is 3. The van der Waals surface area contributed by atoms with Crippen molar-refractivity contribution in [1.82, 2.24) is 0 Å². The van der Waals surface area contributed by atoms with Gasteiger partial charge in [-0.2, -0.15) is 0 Å². The summed E-state index contributed by atoms with van der Waals surface area (Å²) in [6.07, 6.45) is -0.387. The minimum Gasteiger partial charge on any atom is -0.394 e. The lowest BCUT2D eigenvalue weighted by molar-refractivity contribution is 0.112. The first-order valence-electron chi connectivity index (χ1n) is 3.32. The zero-order valence-corrected chi connectivity index (χ0v) is 8.94. The molecule has 1 unspecified atom stereocenters. The maximum absolute atomic E-state index is 8.36. The third-order valence-corrected chi connectivity index (χ3v) is 1.70. The first kappa shape index (κ1) is 15.2. The van der Waals surface area contributed by atoms with Crippen LogP contribution in [0.3, 0.4) is 0 Å². The van der Waals surface area contributed by atoms with E-state index in [9.17, 15) is 0 Å². The molecule has 0 bridgehead atoms. The van der Waals surface area contributed by atoms with E-state index in [1.54, 1.807) is 6.92 Å². The maximum Gasteiger partial charge on any atom is 0.214 e. The molecule has 3 N–H and O–H groups in total. The first-order valence-corrected chi connectivity index (χ1v) is 4.61. The summed E-state index contributed by atoms with van der Waals surface area (Å²) in [7, 11) is 0. The average Bonchev–Trinajstić information content (AvgIpc) is 2.03. The highest BCUT2D eigenvalue weighted by Gasteiger charge is 2.13. The smallest absolute Gasteiger partial charge is 0.214 e. The molecule has 0 amide bonds. The summed E-state index contributed by atoms with van der Waals surface area (Å²) < 4.78 is -1.51. The van der Waals surface area contributed by atoms with Gasteiger partial charge >= 0.3 is 0 Å². The third-order valence-electron chi connectivity index (χ3n) is 0.814. The van der Waals surface area contributed by atoms with Gasteiger partial charge in [-0.1, -0.05) is 30.1 Å². The Morgan fingerprint density at radius 1 is 1.42 bits per heavy atom. The van der Waals surface area contributed by atoms with Crippen LogP contribution in [0.2, 0.25) is 0 Å². The van der Waals surface area contributed by atoms with Crippen molar-refractivity contribution >= 4 is 34.8 Å². The van der Waals surface area contributed by atoms with Crippen molar-refractivity contribution in [2.75, 3.05) is 12.5 Å². The molecule has 1 atom stereocenters. The number of alkyl halides is 3. The van der Waals surface area contributed by atoms with Gasteiger partial charge in [0.1, 0.15) is 0 Å². The number of halogens is 3. The summed E-state index contributed by atoms with van der Waals surface area (Å²) >= 11 is 15.1. The van der Waals surface area contributed by atoms with Crippen LogP contribution >= 0.6 is 34.8 Å². The summed E-state index contributed by atoms with van der Waals surface area (Å²) in [6, 6.07) is 0. The van der Waals surface area contributed by atoms with Gasteiger partial charge < -0.3 is 15.3 Å². The molecule has 0 aliphatic heterocycles. The van der Waals surface area contributed by atoms with Crippen molar-refractivity contribution in [2.45, 2.75) is 24.0 Å². The van der Waals surface area contributed by atoms with E-state index in [1.165, 1.54) is 0 Å². The fraction of sp³-hybridized carbons (Fsp3) is 1.00. The fourth-order valence-corrected chi connectivity index (χ4v) is 0.146. The third kappa shape index (κ3) is 17.0. The van der Waals surface area contributed by atoms with Gasteiger partial charge in [0.05, 0.1) is 18.6 Å². The van der Waals surface area contributed by atoms with Crippen molar-refractivity contribution in [3.63, 3.8) is 0 Å². The number of hydrogen-bond donors (Lipinski definition) is 3. The molecule has 0 aliphatic rings. The van der Waals surface area contributed by atoms with Gasteiger partial charge in [-0.3, -0.25) is 0 Å². The van der Waals surface area contributed by atoms with Gasteiger partial charge in [0, 0.05) is 6.42 Å². The average molecular weight is 240 g/mol. The molecule has 3 nitrogen and oxygen atoms in total. The normalized spacial score (nSPS) is 13.2. The summed E-state index contributed by atoms with van der Waals surface area (Å²) in [6.45, 7) is 1.45. The Bertz CT molecular complexity index is 90.5. The summed E-state index contributed by atoms with van der Waals surface area (Å²) in [5.74, 6) is 0.108. The van der Waals surface area contributed by atoms with Crippen LogP contribution in [-0.4, -0.2) is 38.4 Å². The summed E-state index contributed by atoms with van der Waals surface area (Å²) in [5.41, 5.74) is 0. The Morgan fingerprint density at radius 3 is 1.75 bits per heavy atom. The van der Waals surface area contributed by atoms with Crippen molar-refractivity contribution in [1.29, 1.82) is 0 Å². The molecule has 12 heavy (non-hydrogen) atoms. The van der Waals surface area contributed by atoms with Crippen LogP contribution in [0.4, 0.5) is 0 Å². The Balaban J connectivity index is 0. The number of aliphatic hydroxyl groups is 3. The van der Waals surface area contributed by atoms with Crippen molar-refractivity contribution in [3.05, 3.63) is 0 Å². The lowest BCUT2D eigenvalue weighted by atomic mass is 10.5. The quantitative estimate of drug-likeness (QED) is 0.647. The molecular formula is C6H13Cl3O3. The highest BCUT2D eigenvalue weighted by Crippen LogP contribution is 2.19. The predicted octanol–water partition coefficient (Wildman–Crippen LogP) is 1.10. The molecule has 0 heterocycles. The Morgan fingerprint density at radius 2 is 1.75 bits per heavy atom. The molecule has 6 heteroatoms. The van der Waals surface area contributed by atoms with E-state index in [0.717, 1.165) is 0 Å². The molecule has 0 aliphatic carbocycles. The van der Waals surface area contributed by atoms with Gasteiger partial charge in [-0.05, 0) is 0 Å². The monoisotopic (exact) mass is 238 g/mol. The molecule has 0 saturated carbocycles. The zero-order chi connectivity index (χ0) is 10.2. The van der Waals surface area contributed by atoms with Crippen molar-refractivity contribution in [2.24, 2.45) is 0 Å². The van der Waals surface area contributed by atoms with Crippen LogP contribution in [0.5, 0.6) is 0 Å². The van der Waals surface area contributed by atoms with E-state index >= 15 is 0 Å². The molecule has 0 fully saturated rings. The molecule has 76 valence electrons. The van der Waals surface area contributed by atoms with E-state index in [1.807, 2.05) is 0 Å². The molecule has 0 saturated heterocycles. The van der Waals surface area contributed by atoms with E-state index < -0.39 is 10.6 Å².